The van der Waals surface area contributed by atoms with Crippen molar-refractivity contribution in [3.8, 4) is 0 Å². The van der Waals surface area contributed by atoms with Crippen molar-refractivity contribution in [3.05, 3.63) is 82.4 Å². The summed E-state index contributed by atoms with van der Waals surface area (Å²) in [5.41, 5.74) is 2.99. The lowest BCUT2D eigenvalue weighted by Crippen LogP contribution is -2.00. The highest BCUT2D eigenvalue weighted by molar-refractivity contribution is 6.32. The summed E-state index contributed by atoms with van der Waals surface area (Å²) in [6.07, 6.45) is 1.43. The van der Waals surface area contributed by atoms with Crippen molar-refractivity contribution in [1.82, 2.24) is 0 Å². The molecule has 0 unspecified atom stereocenters. The molecule has 0 saturated heterocycles. The molecule has 0 aliphatic heterocycles. The van der Waals surface area contributed by atoms with Crippen molar-refractivity contribution in [3.63, 3.8) is 0 Å². The Morgan fingerprint density at radius 2 is 1.29 bits per heavy atom. The van der Waals surface area contributed by atoms with Crippen molar-refractivity contribution in [1.29, 1.82) is 0 Å². The van der Waals surface area contributed by atoms with Crippen LogP contribution in [0.1, 0.15) is 31.8 Å². The minimum Gasteiger partial charge on any atom is -0.507 e. The van der Waals surface area contributed by atoms with Crippen LogP contribution in [-0.4, -0.2) is 16.7 Å². The van der Waals surface area contributed by atoms with Gasteiger partial charge in [-0.25, -0.2) is 0 Å². The molecule has 0 heterocycles. The van der Waals surface area contributed by atoms with Gasteiger partial charge in [-0.15, -0.1) is 0 Å². The Labute approximate surface area is 120 Å². The lowest BCUT2D eigenvalue weighted by atomic mass is 9.96. The Kier molecular flexibility index (Phi) is 2.27. The molecule has 0 aromatic heterocycles. The molecule has 2 aliphatic carbocycles. The number of carbonyl (C=O) groups is 2. The molecule has 100 valence electrons. The number of hydrogen-bond acceptors (Lipinski definition) is 3. The first-order valence-electron chi connectivity index (χ1n) is 6.61. The van der Waals surface area contributed by atoms with E-state index in [0.29, 0.717) is 27.8 Å². The fourth-order valence-electron chi connectivity index (χ4n) is 2.94. The number of benzene rings is 2. The molecule has 3 heteroatoms. The van der Waals surface area contributed by atoms with Crippen molar-refractivity contribution < 1.29 is 14.7 Å². The van der Waals surface area contributed by atoms with Gasteiger partial charge in [-0.05, 0) is 11.6 Å². The topological polar surface area (TPSA) is 54.4 Å². The SMILES string of the molecule is O=C1C=C(C2=C(O)c3ccccc3C2=O)c2ccccc21. The Hall–Kier alpha value is -2.94. The zero-order chi connectivity index (χ0) is 14.6. The largest absolute Gasteiger partial charge is 0.507 e. The number of aliphatic hydroxyl groups is 1. The number of fused-ring (bicyclic) bond motifs is 2. The summed E-state index contributed by atoms with van der Waals surface area (Å²) in [7, 11) is 0. The molecule has 1 N–H and O–H groups in total. The molecule has 2 aromatic rings. The second-order valence-electron chi connectivity index (χ2n) is 5.07. The zero-order valence-corrected chi connectivity index (χ0v) is 11.0. The van der Waals surface area contributed by atoms with Crippen LogP contribution in [-0.2, 0) is 0 Å². The Morgan fingerprint density at radius 1 is 0.714 bits per heavy atom. The first-order chi connectivity index (χ1) is 10.2. The molecule has 0 fully saturated rings. The van der Waals surface area contributed by atoms with Crippen LogP contribution in [0, 0.1) is 0 Å². The molecule has 4 rings (SSSR count). The molecular formula is C18H10O3. The van der Waals surface area contributed by atoms with E-state index in [-0.39, 0.29) is 22.9 Å². The van der Waals surface area contributed by atoms with Crippen molar-refractivity contribution >= 4 is 22.9 Å². The fourth-order valence-corrected chi connectivity index (χ4v) is 2.94. The van der Waals surface area contributed by atoms with Crippen LogP contribution < -0.4 is 0 Å². The van der Waals surface area contributed by atoms with Gasteiger partial charge in [0.25, 0.3) is 0 Å². The second kappa shape index (κ2) is 4.03. The third-order valence-corrected chi connectivity index (χ3v) is 3.92. The maximum atomic E-state index is 12.5. The van der Waals surface area contributed by atoms with E-state index in [1.807, 2.05) is 6.07 Å². The maximum Gasteiger partial charge on any atom is 0.198 e. The molecule has 2 aromatic carbocycles. The van der Waals surface area contributed by atoms with E-state index < -0.39 is 0 Å². The molecular weight excluding hydrogens is 264 g/mol. The van der Waals surface area contributed by atoms with Crippen LogP contribution in [0.4, 0.5) is 0 Å². The monoisotopic (exact) mass is 274 g/mol. The van der Waals surface area contributed by atoms with E-state index in [2.05, 4.69) is 0 Å². The highest BCUT2D eigenvalue weighted by Gasteiger charge is 2.35. The van der Waals surface area contributed by atoms with E-state index in [4.69, 9.17) is 0 Å². The number of hydrogen-bond donors (Lipinski definition) is 1. The lowest BCUT2D eigenvalue weighted by molar-refractivity contribution is 0.103. The Morgan fingerprint density at radius 3 is 1.95 bits per heavy atom. The molecule has 21 heavy (non-hydrogen) atoms. The van der Waals surface area contributed by atoms with Gasteiger partial charge in [0.15, 0.2) is 11.6 Å². The lowest BCUT2D eigenvalue weighted by Gasteiger charge is -2.05. The number of aliphatic hydroxyl groups excluding tert-OH is 1. The average Bonchev–Trinajstić information content (AvgIpc) is 2.96. The summed E-state index contributed by atoms with van der Waals surface area (Å²) >= 11 is 0. The Bertz CT molecular complexity index is 885. The number of allylic oxidation sites excluding steroid dienone is 3. The van der Waals surface area contributed by atoms with Gasteiger partial charge in [-0.3, -0.25) is 9.59 Å². The summed E-state index contributed by atoms with van der Waals surface area (Å²) < 4.78 is 0. The van der Waals surface area contributed by atoms with Crippen LogP contribution in [0.2, 0.25) is 0 Å². The van der Waals surface area contributed by atoms with Crippen molar-refractivity contribution in [2.24, 2.45) is 0 Å². The molecule has 0 radical (unpaired) electrons. The van der Waals surface area contributed by atoms with E-state index in [1.165, 1.54) is 6.08 Å². The van der Waals surface area contributed by atoms with Crippen LogP contribution in [0.5, 0.6) is 0 Å². The molecule has 0 bridgehead atoms. The van der Waals surface area contributed by atoms with Crippen molar-refractivity contribution in [2.75, 3.05) is 0 Å². The Balaban J connectivity index is 1.95. The van der Waals surface area contributed by atoms with E-state index in [0.717, 1.165) is 0 Å². The van der Waals surface area contributed by atoms with Crippen LogP contribution in [0.3, 0.4) is 0 Å². The van der Waals surface area contributed by atoms with E-state index in [1.54, 1.807) is 42.5 Å². The van der Waals surface area contributed by atoms with Crippen LogP contribution in [0.25, 0.3) is 11.3 Å². The molecule has 0 saturated carbocycles. The van der Waals surface area contributed by atoms with Crippen LogP contribution in [0.15, 0.2) is 60.2 Å². The normalized spacial score (nSPS) is 16.1. The van der Waals surface area contributed by atoms with Gasteiger partial charge in [-0.1, -0.05) is 48.5 Å². The minimum absolute atomic E-state index is 0.0497. The van der Waals surface area contributed by atoms with E-state index in [9.17, 15) is 14.7 Å². The van der Waals surface area contributed by atoms with Gasteiger partial charge in [-0.2, -0.15) is 0 Å². The van der Waals surface area contributed by atoms with Gasteiger partial charge in [0.05, 0.1) is 5.57 Å². The summed E-state index contributed by atoms with van der Waals surface area (Å²) in [4.78, 5) is 24.6. The highest BCUT2D eigenvalue weighted by atomic mass is 16.3. The fraction of sp³-hybridized carbons (Fsp3) is 0. The molecule has 3 nitrogen and oxygen atoms in total. The molecule has 0 spiro atoms. The third kappa shape index (κ3) is 1.48. The molecule has 2 aliphatic rings. The third-order valence-electron chi connectivity index (χ3n) is 3.92. The van der Waals surface area contributed by atoms with E-state index >= 15 is 0 Å². The standard InChI is InChI=1S/C18H10O3/c19-15-9-14(10-5-1-2-6-11(10)15)16-17(20)12-7-3-4-8-13(12)18(16)21/h1-9,20H. The first kappa shape index (κ1) is 11.9. The smallest absolute Gasteiger partial charge is 0.198 e. The summed E-state index contributed by atoms with van der Waals surface area (Å²) in [5, 5.41) is 10.4. The molecule has 0 atom stereocenters. The van der Waals surface area contributed by atoms with Gasteiger partial charge in [0, 0.05) is 22.3 Å². The number of carbonyl (C=O) groups excluding carboxylic acids is 2. The number of ketones is 2. The van der Waals surface area contributed by atoms with Gasteiger partial charge in [0.2, 0.25) is 0 Å². The van der Waals surface area contributed by atoms with Gasteiger partial charge < -0.3 is 5.11 Å². The minimum atomic E-state index is -0.237. The van der Waals surface area contributed by atoms with Gasteiger partial charge >= 0.3 is 0 Å². The molecule has 0 amide bonds. The van der Waals surface area contributed by atoms with Crippen LogP contribution >= 0.6 is 0 Å². The quantitative estimate of drug-likeness (QED) is 0.866. The van der Waals surface area contributed by atoms with Gasteiger partial charge in [0.1, 0.15) is 5.76 Å². The predicted molar refractivity (Wildman–Crippen MR) is 79.1 cm³/mol. The highest BCUT2D eigenvalue weighted by Crippen LogP contribution is 2.41. The predicted octanol–water partition coefficient (Wildman–Crippen LogP) is 3.43. The summed E-state index contributed by atoms with van der Waals surface area (Å²) in [5.74, 6) is -0.421. The summed E-state index contributed by atoms with van der Waals surface area (Å²) in [6.45, 7) is 0. The first-order valence-corrected chi connectivity index (χ1v) is 6.61. The summed E-state index contributed by atoms with van der Waals surface area (Å²) in [6, 6.07) is 14.0. The number of rotatable bonds is 1. The second-order valence-corrected chi connectivity index (χ2v) is 5.07. The van der Waals surface area contributed by atoms with Crippen molar-refractivity contribution in [2.45, 2.75) is 0 Å². The average molecular weight is 274 g/mol. The number of Topliss-reactive ketones (excluding diaryl/α,β-unsaturated/α-hetero) is 1. The zero-order valence-electron chi connectivity index (χ0n) is 11.0. The maximum absolute atomic E-state index is 12.5.